The quantitative estimate of drug-likeness (QED) is 0.678. The highest BCUT2D eigenvalue weighted by Gasteiger charge is 2.19. The normalized spacial score (nSPS) is 11.4. The predicted molar refractivity (Wildman–Crippen MR) is 79.5 cm³/mol. The molecule has 0 heterocycles. The number of para-hydroxylation sites is 1. The van der Waals surface area contributed by atoms with Crippen molar-refractivity contribution in [3.05, 3.63) is 29.8 Å². The van der Waals surface area contributed by atoms with Crippen molar-refractivity contribution < 1.29 is 22.7 Å². The Hall–Kier alpha value is -1.60. The minimum atomic E-state index is -3.42. The van der Waals surface area contributed by atoms with Crippen LogP contribution in [-0.4, -0.2) is 45.7 Å². The van der Waals surface area contributed by atoms with E-state index in [-0.39, 0.29) is 25.1 Å². The van der Waals surface area contributed by atoms with Gasteiger partial charge in [0.25, 0.3) is 0 Å². The Labute approximate surface area is 125 Å². The summed E-state index contributed by atoms with van der Waals surface area (Å²) in [4.78, 5) is 11.0. The molecule has 0 radical (unpaired) electrons. The van der Waals surface area contributed by atoms with Gasteiger partial charge < -0.3 is 9.47 Å². The van der Waals surface area contributed by atoms with Gasteiger partial charge in [0.05, 0.1) is 20.0 Å². The van der Waals surface area contributed by atoms with Crippen molar-refractivity contribution in [2.75, 3.05) is 27.0 Å². The summed E-state index contributed by atoms with van der Waals surface area (Å²) in [6.45, 7) is 0.227. The molecule has 0 atom stereocenters. The number of hydrogen-bond acceptors (Lipinski definition) is 5. The summed E-state index contributed by atoms with van der Waals surface area (Å²) in [5.41, 5.74) is 0.791. The third-order valence-electron chi connectivity index (χ3n) is 3.07. The van der Waals surface area contributed by atoms with Gasteiger partial charge in [-0.3, -0.25) is 4.79 Å². The van der Waals surface area contributed by atoms with E-state index in [1.165, 1.54) is 18.5 Å². The third kappa shape index (κ3) is 5.35. The molecule has 1 rings (SSSR count). The first kappa shape index (κ1) is 17.5. The smallest absolute Gasteiger partial charge is 0.305 e. The fraction of sp³-hybridized carbons (Fsp3) is 0.500. The molecule has 0 saturated carbocycles. The highest BCUT2D eigenvalue weighted by Crippen LogP contribution is 2.20. The highest BCUT2D eigenvalue weighted by atomic mass is 32.2. The molecule has 21 heavy (non-hydrogen) atoms. The second-order valence-electron chi connectivity index (χ2n) is 4.56. The van der Waals surface area contributed by atoms with Crippen LogP contribution < -0.4 is 4.74 Å². The van der Waals surface area contributed by atoms with Crippen LogP contribution in [0.4, 0.5) is 0 Å². The number of ether oxygens (including phenoxy) is 2. The maximum Gasteiger partial charge on any atom is 0.305 e. The Bertz CT molecular complexity index is 570. The van der Waals surface area contributed by atoms with Gasteiger partial charge in [-0.2, -0.15) is 0 Å². The minimum Gasteiger partial charge on any atom is -0.496 e. The molecule has 0 saturated heterocycles. The number of rotatable bonds is 8. The maximum atomic E-state index is 12.1. The molecule has 0 aromatic heterocycles. The minimum absolute atomic E-state index is 0.0895. The second kappa shape index (κ2) is 7.99. The van der Waals surface area contributed by atoms with Crippen molar-refractivity contribution in [2.24, 2.45) is 0 Å². The number of sulfonamides is 1. The van der Waals surface area contributed by atoms with Gasteiger partial charge in [-0.1, -0.05) is 18.2 Å². The van der Waals surface area contributed by atoms with Crippen molar-refractivity contribution in [3.63, 3.8) is 0 Å². The van der Waals surface area contributed by atoms with Crippen LogP contribution in [0.25, 0.3) is 0 Å². The lowest BCUT2D eigenvalue weighted by Gasteiger charge is -2.18. The second-order valence-corrected chi connectivity index (χ2v) is 6.76. The van der Waals surface area contributed by atoms with Crippen LogP contribution in [-0.2, 0) is 26.1 Å². The van der Waals surface area contributed by atoms with Crippen LogP contribution in [0.15, 0.2) is 24.3 Å². The summed E-state index contributed by atoms with van der Waals surface area (Å²) in [6.07, 6.45) is 0.337. The van der Waals surface area contributed by atoms with E-state index in [1.54, 1.807) is 13.2 Å². The molecule has 118 valence electrons. The van der Waals surface area contributed by atoms with Gasteiger partial charge in [-0.15, -0.1) is 0 Å². The van der Waals surface area contributed by atoms with Crippen molar-refractivity contribution in [1.29, 1.82) is 0 Å². The van der Waals surface area contributed by atoms with Gasteiger partial charge in [-0.25, -0.2) is 12.7 Å². The fourth-order valence-corrected chi connectivity index (χ4v) is 2.99. The Morgan fingerprint density at radius 1 is 1.24 bits per heavy atom. The molecule has 0 aliphatic heterocycles. The zero-order chi connectivity index (χ0) is 15.9. The molecule has 6 nitrogen and oxygen atoms in total. The van der Waals surface area contributed by atoms with Gasteiger partial charge in [0.2, 0.25) is 10.0 Å². The van der Waals surface area contributed by atoms with Crippen molar-refractivity contribution in [3.8, 4) is 5.75 Å². The zero-order valence-corrected chi connectivity index (χ0v) is 13.4. The Morgan fingerprint density at radius 3 is 2.52 bits per heavy atom. The van der Waals surface area contributed by atoms with Crippen molar-refractivity contribution in [1.82, 2.24) is 4.31 Å². The predicted octanol–water partition coefficient (Wildman–Crippen LogP) is 1.41. The first-order valence-electron chi connectivity index (χ1n) is 6.53. The molecule has 7 heteroatoms. The number of carbonyl (C=O) groups is 1. The number of benzene rings is 1. The number of nitrogens with zero attached hydrogens (tertiary/aromatic N) is 1. The summed E-state index contributed by atoms with van der Waals surface area (Å²) >= 11 is 0. The van der Waals surface area contributed by atoms with Gasteiger partial charge in [0.1, 0.15) is 5.75 Å². The lowest BCUT2D eigenvalue weighted by Crippen LogP contribution is -2.29. The molecular weight excluding hydrogens is 294 g/mol. The SMILES string of the molecule is COC(=O)CCCS(=O)(=O)N(C)Cc1ccccc1OC. The molecular formula is C14H21NO5S. The van der Waals surface area contributed by atoms with Gasteiger partial charge >= 0.3 is 5.97 Å². The standard InChI is InChI=1S/C14H21NO5S/c1-15(11-12-7-4-5-8-13(12)19-2)21(17,18)10-6-9-14(16)20-3/h4-5,7-8H,6,9-11H2,1-3H3. The molecule has 0 amide bonds. The average molecular weight is 315 g/mol. The summed E-state index contributed by atoms with van der Waals surface area (Å²) in [6, 6.07) is 7.26. The number of esters is 1. The van der Waals surface area contributed by atoms with E-state index in [2.05, 4.69) is 4.74 Å². The fourth-order valence-electron chi connectivity index (χ4n) is 1.83. The lowest BCUT2D eigenvalue weighted by molar-refractivity contribution is -0.140. The van der Waals surface area contributed by atoms with E-state index >= 15 is 0 Å². The van der Waals surface area contributed by atoms with E-state index in [4.69, 9.17) is 4.74 Å². The summed E-state index contributed by atoms with van der Waals surface area (Å²) < 4.78 is 35.2. The van der Waals surface area contributed by atoms with Crippen LogP contribution in [0.3, 0.4) is 0 Å². The van der Waals surface area contributed by atoms with Gasteiger partial charge in [0, 0.05) is 25.6 Å². The van der Waals surface area contributed by atoms with Crippen LogP contribution in [0.2, 0.25) is 0 Å². The van der Waals surface area contributed by atoms with E-state index in [0.29, 0.717) is 5.75 Å². The summed E-state index contributed by atoms with van der Waals surface area (Å²) in [5.74, 6) is 0.153. The molecule has 0 aliphatic carbocycles. The molecule has 0 unspecified atom stereocenters. The first-order chi connectivity index (χ1) is 9.90. The number of carbonyl (C=O) groups excluding carboxylic acids is 1. The van der Waals surface area contributed by atoms with E-state index in [1.807, 2.05) is 18.2 Å². The number of hydrogen-bond donors (Lipinski definition) is 0. The van der Waals surface area contributed by atoms with Gasteiger partial charge in [-0.05, 0) is 12.5 Å². The summed E-state index contributed by atoms with van der Waals surface area (Å²) in [5, 5.41) is 0. The average Bonchev–Trinajstić information content (AvgIpc) is 2.47. The first-order valence-corrected chi connectivity index (χ1v) is 8.14. The van der Waals surface area contributed by atoms with Crippen LogP contribution in [0.5, 0.6) is 5.75 Å². The number of methoxy groups -OCH3 is 2. The topological polar surface area (TPSA) is 72.9 Å². The zero-order valence-electron chi connectivity index (χ0n) is 12.5. The molecule has 0 bridgehead atoms. The molecule has 0 fully saturated rings. The molecule has 1 aromatic rings. The highest BCUT2D eigenvalue weighted by molar-refractivity contribution is 7.89. The van der Waals surface area contributed by atoms with Crippen LogP contribution in [0, 0.1) is 0 Å². The van der Waals surface area contributed by atoms with E-state index < -0.39 is 16.0 Å². The lowest BCUT2D eigenvalue weighted by atomic mass is 10.2. The summed E-state index contributed by atoms with van der Waals surface area (Å²) in [7, 11) is 0.924. The Morgan fingerprint density at radius 2 is 1.90 bits per heavy atom. The van der Waals surface area contributed by atoms with Crippen LogP contribution >= 0.6 is 0 Å². The molecule has 0 aliphatic rings. The van der Waals surface area contributed by atoms with Crippen molar-refractivity contribution >= 4 is 16.0 Å². The Kier molecular flexibility index (Phi) is 6.64. The van der Waals surface area contributed by atoms with E-state index in [0.717, 1.165) is 5.56 Å². The molecule has 0 spiro atoms. The third-order valence-corrected chi connectivity index (χ3v) is 4.95. The monoisotopic (exact) mass is 315 g/mol. The van der Waals surface area contributed by atoms with E-state index in [9.17, 15) is 13.2 Å². The largest absolute Gasteiger partial charge is 0.496 e. The van der Waals surface area contributed by atoms with Crippen LogP contribution in [0.1, 0.15) is 18.4 Å². The maximum absolute atomic E-state index is 12.1. The Balaban J connectivity index is 2.64. The van der Waals surface area contributed by atoms with Crippen molar-refractivity contribution in [2.45, 2.75) is 19.4 Å². The molecule has 0 N–H and O–H groups in total. The van der Waals surface area contributed by atoms with Gasteiger partial charge in [0.15, 0.2) is 0 Å². The molecule has 1 aromatic carbocycles.